The molecule has 1 aliphatic heterocycles. The molecule has 1 heterocycles. The van der Waals surface area contributed by atoms with Crippen LogP contribution in [0.3, 0.4) is 0 Å². The van der Waals surface area contributed by atoms with Crippen molar-refractivity contribution in [3.63, 3.8) is 0 Å². The number of ether oxygens (including phenoxy) is 1. The van der Waals surface area contributed by atoms with Crippen LogP contribution in [0.15, 0.2) is 24.3 Å². The normalized spacial score (nSPS) is 21.2. The third kappa shape index (κ3) is 2.61. The number of hydrogen-bond acceptors (Lipinski definition) is 2. The van der Waals surface area contributed by atoms with E-state index in [2.05, 4.69) is 6.92 Å². The summed E-state index contributed by atoms with van der Waals surface area (Å²) in [6.07, 6.45) is 0.573. The molecule has 0 aliphatic carbocycles. The van der Waals surface area contributed by atoms with Gasteiger partial charge in [-0.15, -0.1) is 11.6 Å². The quantitative estimate of drug-likeness (QED) is 0.785. The fraction of sp³-hybridized carbons (Fsp3) is 0.500. The molecule has 1 saturated heterocycles. The number of amides is 1. The van der Waals surface area contributed by atoms with Gasteiger partial charge in [-0.1, -0.05) is 12.1 Å². The first-order valence-electron chi connectivity index (χ1n) is 6.15. The highest BCUT2D eigenvalue weighted by Crippen LogP contribution is 2.29. The molecular weight excluding hydrogens is 250 g/mol. The molecule has 0 spiro atoms. The largest absolute Gasteiger partial charge is 0.497 e. The average Bonchev–Trinajstić information content (AvgIpc) is 2.79. The molecule has 1 fully saturated rings. The van der Waals surface area contributed by atoms with Gasteiger partial charge < -0.3 is 9.64 Å². The van der Waals surface area contributed by atoms with Crippen molar-refractivity contribution < 1.29 is 9.53 Å². The van der Waals surface area contributed by atoms with Crippen LogP contribution in [0.25, 0.3) is 0 Å². The molecule has 0 radical (unpaired) electrons. The van der Waals surface area contributed by atoms with E-state index >= 15 is 0 Å². The fourth-order valence-corrected chi connectivity index (χ4v) is 2.56. The molecule has 1 aromatic rings. The van der Waals surface area contributed by atoms with Gasteiger partial charge in [0.1, 0.15) is 5.75 Å². The summed E-state index contributed by atoms with van der Waals surface area (Å²) in [5.41, 5.74) is 1.12. The van der Waals surface area contributed by atoms with E-state index in [1.54, 1.807) is 7.11 Å². The highest BCUT2D eigenvalue weighted by atomic mass is 35.5. The van der Waals surface area contributed by atoms with Crippen molar-refractivity contribution in [1.29, 1.82) is 0 Å². The highest BCUT2D eigenvalue weighted by Gasteiger charge is 2.32. The molecule has 1 amide bonds. The van der Waals surface area contributed by atoms with E-state index in [0.29, 0.717) is 18.2 Å². The molecule has 0 N–H and O–H groups in total. The topological polar surface area (TPSA) is 29.5 Å². The number of alkyl halides is 1. The minimum Gasteiger partial charge on any atom is -0.497 e. The van der Waals surface area contributed by atoms with Crippen LogP contribution in [0.5, 0.6) is 5.75 Å². The van der Waals surface area contributed by atoms with Crippen LogP contribution in [-0.2, 0) is 4.79 Å². The zero-order valence-electron chi connectivity index (χ0n) is 10.7. The van der Waals surface area contributed by atoms with E-state index in [1.165, 1.54) is 0 Å². The summed E-state index contributed by atoms with van der Waals surface area (Å²) in [6.45, 7) is 2.81. The number of carbonyl (C=O) groups excluding carboxylic acids is 1. The van der Waals surface area contributed by atoms with E-state index in [0.717, 1.165) is 17.9 Å². The third-order valence-corrected chi connectivity index (χ3v) is 3.96. The number of methoxy groups -OCH3 is 1. The third-order valence-electron chi connectivity index (χ3n) is 3.52. The first-order valence-corrected chi connectivity index (χ1v) is 6.68. The van der Waals surface area contributed by atoms with Gasteiger partial charge in [-0.2, -0.15) is 0 Å². The van der Waals surface area contributed by atoms with Crippen molar-refractivity contribution in [1.82, 2.24) is 4.90 Å². The minimum absolute atomic E-state index is 0.0941. The summed E-state index contributed by atoms with van der Waals surface area (Å²) in [5, 5.41) is 0. The molecule has 0 bridgehead atoms. The first kappa shape index (κ1) is 13.2. The van der Waals surface area contributed by atoms with Crippen LogP contribution in [0.2, 0.25) is 0 Å². The molecule has 4 heteroatoms. The van der Waals surface area contributed by atoms with Gasteiger partial charge in [-0.25, -0.2) is 0 Å². The standard InChI is InChI=1S/C14H18ClNO2/c1-10(12-3-5-13(18-2)6-4-12)16-9-11(8-15)7-14(16)17/h3-6,10-11H,7-9H2,1-2H3/t10-,11?/m0/s1. The van der Waals surface area contributed by atoms with E-state index in [-0.39, 0.29) is 11.9 Å². The first-order chi connectivity index (χ1) is 8.65. The Labute approximate surface area is 113 Å². The van der Waals surface area contributed by atoms with Crippen molar-refractivity contribution >= 4 is 17.5 Å². The van der Waals surface area contributed by atoms with E-state index in [9.17, 15) is 4.79 Å². The van der Waals surface area contributed by atoms with Gasteiger partial charge in [-0.3, -0.25) is 4.79 Å². The summed E-state index contributed by atoms with van der Waals surface area (Å²) >= 11 is 5.83. The number of rotatable bonds is 4. The lowest BCUT2D eigenvalue weighted by molar-refractivity contribution is -0.129. The molecular formula is C14H18ClNO2. The molecule has 2 atom stereocenters. The monoisotopic (exact) mass is 267 g/mol. The number of benzene rings is 1. The van der Waals surface area contributed by atoms with Crippen molar-refractivity contribution in [2.45, 2.75) is 19.4 Å². The molecule has 0 aromatic heterocycles. The van der Waals surface area contributed by atoms with Crippen molar-refractivity contribution in [2.75, 3.05) is 19.5 Å². The van der Waals surface area contributed by atoms with E-state index in [4.69, 9.17) is 16.3 Å². The number of carbonyl (C=O) groups is 1. The van der Waals surface area contributed by atoms with E-state index < -0.39 is 0 Å². The maximum Gasteiger partial charge on any atom is 0.223 e. The Balaban J connectivity index is 2.10. The smallest absolute Gasteiger partial charge is 0.223 e. The zero-order valence-corrected chi connectivity index (χ0v) is 11.5. The summed E-state index contributed by atoms with van der Waals surface area (Å²) in [7, 11) is 1.65. The lowest BCUT2D eigenvalue weighted by Crippen LogP contribution is -2.28. The SMILES string of the molecule is COc1ccc([C@H](C)N2CC(CCl)CC2=O)cc1. The van der Waals surface area contributed by atoms with Crippen LogP contribution in [0.1, 0.15) is 24.9 Å². The fourth-order valence-electron chi connectivity index (χ4n) is 2.35. The molecule has 18 heavy (non-hydrogen) atoms. The minimum atomic E-state index is 0.0941. The molecule has 0 saturated carbocycles. The van der Waals surface area contributed by atoms with Crippen LogP contribution in [0, 0.1) is 5.92 Å². The van der Waals surface area contributed by atoms with Crippen LogP contribution >= 0.6 is 11.6 Å². The van der Waals surface area contributed by atoms with E-state index in [1.807, 2.05) is 29.2 Å². The Morgan fingerprint density at radius 2 is 2.11 bits per heavy atom. The van der Waals surface area contributed by atoms with Crippen molar-refractivity contribution in [3.8, 4) is 5.75 Å². The van der Waals surface area contributed by atoms with Gasteiger partial charge in [0.05, 0.1) is 13.2 Å². The molecule has 1 aromatic carbocycles. The second kappa shape index (κ2) is 5.61. The summed E-state index contributed by atoms with van der Waals surface area (Å²) in [4.78, 5) is 13.8. The van der Waals surface area contributed by atoms with Gasteiger partial charge in [0, 0.05) is 18.8 Å². The predicted molar refractivity (Wildman–Crippen MR) is 71.9 cm³/mol. The summed E-state index contributed by atoms with van der Waals surface area (Å²) in [5.74, 6) is 1.87. The molecule has 3 nitrogen and oxygen atoms in total. The van der Waals surface area contributed by atoms with Crippen LogP contribution < -0.4 is 4.74 Å². The molecule has 98 valence electrons. The molecule has 1 aliphatic rings. The lowest BCUT2D eigenvalue weighted by atomic mass is 10.1. The highest BCUT2D eigenvalue weighted by molar-refractivity contribution is 6.18. The Hall–Kier alpha value is -1.22. The molecule has 1 unspecified atom stereocenters. The predicted octanol–water partition coefficient (Wildman–Crippen LogP) is 2.84. The maximum atomic E-state index is 11.9. The number of nitrogens with zero attached hydrogens (tertiary/aromatic N) is 1. The van der Waals surface area contributed by atoms with Crippen molar-refractivity contribution in [2.24, 2.45) is 5.92 Å². The van der Waals surface area contributed by atoms with Gasteiger partial charge in [-0.05, 0) is 30.5 Å². The van der Waals surface area contributed by atoms with Gasteiger partial charge in [0.25, 0.3) is 0 Å². The van der Waals surface area contributed by atoms with Crippen LogP contribution in [0.4, 0.5) is 0 Å². The lowest BCUT2D eigenvalue weighted by Gasteiger charge is -2.25. The van der Waals surface area contributed by atoms with Crippen LogP contribution in [-0.4, -0.2) is 30.3 Å². The Kier molecular flexibility index (Phi) is 4.12. The second-order valence-corrected chi connectivity index (χ2v) is 5.03. The van der Waals surface area contributed by atoms with Gasteiger partial charge in [0.2, 0.25) is 5.91 Å². The maximum absolute atomic E-state index is 11.9. The summed E-state index contributed by atoms with van der Waals surface area (Å²) in [6, 6.07) is 7.95. The number of likely N-dealkylation sites (tertiary alicyclic amines) is 1. The zero-order chi connectivity index (χ0) is 13.1. The molecule has 2 rings (SSSR count). The van der Waals surface area contributed by atoms with Gasteiger partial charge >= 0.3 is 0 Å². The van der Waals surface area contributed by atoms with Gasteiger partial charge in [0.15, 0.2) is 0 Å². The second-order valence-electron chi connectivity index (χ2n) is 4.72. The Bertz CT molecular complexity index is 418. The van der Waals surface area contributed by atoms with Crippen molar-refractivity contribution in [3.05, 3.63) is 29.8 Å². The Morgan fingerprint density at radius 3 is 2.61 bits per heavy atom. The number of hydrogen-bond donors (Lipinski definition) is 0. The Morgan fingerprint density at radius 1 is 1.44 bits per heavy atom. The summed E-state index contributed by atoms with van der Waals surface area (Å²) < 4.78 is 5.13. The number of halogens is 1. The average molecular weight is 268 g/mol.